The van der Waals surface area contributed by atoms with E-state index in [1.807, 2.05) is 48.7 Å². The lowest BCUT2D eigenvalue weighted by atomic mass is 10.0. The van der Waals surface area contributed by atoms with Crippen LogP contribution in [0.3, 0.4) is 0 Å². The van der Waals surface area contributed by atoms with E-state index in [9.17, 15) is 4.79 Å². The van der Waals surface area contributed by atoms with E-state index in [0.29, 0.717) is 31.0 Å². The third-order valence-corrected chi connectivity index (χ3v) is 7.26. The fourth-order valence-electron chi connectivity index (χ4n) is 5.28. The van der Waals surface area contributed by atoms with Gasteiger partial charge in [0.15, 0.2) is 5.82 Å². The van der Waals surface area contributed by atoms with Crippen molar-refractivity contribution in [1.82, 2.24) is 35.1 Å². The molecule has 1 saturated heterocycles. The van der Waals surface area contributed by atoms with Crippen molar-refractivity contribution < 1.29 is 9.15 Å². The summed E-state index contributed by atoms with van der Waals surface area (Å²) in [7, 11) is 0. The van der Waals surface area contributed by atoms with Gasteiger partial charge in [0, 0.05) is 36.6 Å². The average molecular weight is 526 g/mol. The van der Waals surface area contributed by atoms with Crippen molar-refractivity contribution in [1.29, 1.82) is 0 Å². The number of H-pyrrole nitrogens is 1. The fourth-order valence-corrected chi connectivity index (χ4v) is 5.28. The Bertz CT molecular complexity index is 1570. The molecule has 6 rings (SSSR count). The predicted octanol–water partition coefficient (Wildman–Crippen LogP) is 4.04. The number of aromatic nitrogens is 6. The van der Waals surface area contributed by atoms with Crippen LogP contribution in [0.2, 0.25) is 0 Å². The number of pyridine rings is 2. The van der Waals surface area contributed by atoms with Crippen LogP contribution >= 0.6 is 0 Å². The van der Waals surface area contributed by atoms with Gasteiger partial charge < -0.3 is 14.1 Å². The molecule has 0 bridgehead atoms. The number of benzene rings is 1. The van der Waals surface area contributed by atoms with E-state index in [1.165, 1.54) is 5.56 Å². The van der Waals surface area contributed by atoms with E-state index >= 15 is 0 Å². The topological polar surface area (TPSA) is 115 Å². The van der Waals surface area contributed by atoms with Gasteiger partial charge in [-0.1, -0.05) is 19.1 Å². The molecule has 4 aromatic heterocycles. The number of hydrogen-bond acceptors (Lipinski definition) is 8. The second kappa shape index (κ2) is 11.3. The van der Waals surface area contributed by atoms with Gasteiger partial charge in [-0.3, -0.25) is 14.7 Å². The normalized spacial score (nSPS) is 16.3. The number of hydrogen-bond donors (Lipinski definition) is 1. The summed E-state index contributed by atoms with van der Waals surface area (Å²) in [5.41, 5.74) is 3.37. The smallest absolute Gasteiger partial charge is 0.253 e. The van der Waals surface area contributed by atoms with Crippen LogP contribution in [-0.4, -0.2) is 47.8 Å². The van der Waals surface area contributed by atoms with E-state index in [1.54, 1.807) is 17.1 Å². The minimum absolute atomic E-state index is 0.0340. The van der Waals surface area contributed by atoms with Crippen LogP contribution in [0.1, 0.15) is 54.1 Å². The molecule has 2 atom stereocenters. The van der Waals surface area contributed by atoms with Gasteiger partial charge in [-0.05, 0) is 82.6 Å². The lowest BCUT2D eigenvalue weighted by Gasteiger charge is -2.30. The van der Waals surface area contributed by atoms with Gasteiger partial charge in [0.25, 0.3) is 5.56 Å². The first-order chi connectivity index (χ1) is 19.2. The van der Waals surface area contributed by atoms with E-state index in [-0.39, 0.29) is 11.7 Å². The highest BCUT2D eigenvalue weighted by molar-refractivity contribution is 5.80. The lowest BCUT2D eigenvalue weighted by Crippen LogP contribution is -2.35. The van der Waals surface area contributed by atoms with Crippen molar-refractivity contribution in [2.75, 3.05) is 6.61 Å². The minimum Gasteiger partial charge on any atom is -0.468 e. The van der Waals surface area contributed by atoms with Crippen molar-refractivity contribution in [2.24, 2.45) is 0 Å². The predicted molar refractivity (Wildman–Crippen MR) is 145 cm³/mol. The summed E-state index contributed by atoms with van der Waals surface area (Å²) >= 11 is 0. The summed E-state index contributed by atoms with van der Waals surface area (Å²) in [4.78, 5) is 23.3. The summed E-state index contributed by atoms with van der Waals surface area (Å²) in [6.45, 7) is 4.31. The molecule has 10 heteroatoms. The molecule has 0 aliphatic carbocycles. The molecule has 0 saturated carbocycles. The molecule has 10 nitrogen and oxygen atoms in total. The highest BCUT2D eigenvalue weighted by Crippen LogP contribution is 2.31. The number of furan rings is 1. The Morgan fingerprint density at radius 1 is 1.15 bits per heavy atom. The number of rotatable bonds is 10. The first-order valence-corrected chi connectivity index (χ1v) is 13.4. The van der Waals surface area contributed by atoms with E-state index < -0.39 is 6.04 Å². The van der Waals surface area contributed by atoms with E-state index in [4.69, 9.17) is 9.15 Å². The first-order valence-electron chi connectivity index (χ1n) is 13.4. The zero-order chi connectivity index (χ0) is 26.6. The Labute approximate surface area is 225 Å². The zero-order valence-corrected chi connectivity index (χ0v) is 21.9. The van der Waals surface area contributed by atoms with Gasteiger partial charge in [-0.2, -0.15) is 0 Å². The molecule has 0 amide bonds. The number of aryl methyl sites for hydroxylation is 1. The Morgan fingerprint density at radius 3 is 2.87 bits per heavy atom. The fraction of sp³-hybridized carbons (Fsp3) is 0.345. The Kier molecular flexibility index (Phi) is 7.29. The van der Waals surface area contributed by atoms with Crippen molar-refractivity contribution in [3.05, 3.63) is 106 Å². The highest BCUT2D eigenvalue weighted by Gasteiger charge is 2.32. The molecule has 5 aromatic rings. The van der Waals surface area contributed by atoms with Crippen molar-refractivity contribution >= 4 is 10.9 Å². The molecular formula is C29H31N7O3. The maximum absolute atomic E-state index is 13.7. The van der Waals surface area contributed by atoms with Gasteiger partial charge >= 0.3 is 0 Å². The van der Waals surface area contributed by atoms with Gasteiger partial charge in [0.1, 0.15) is 11.8 Å². The average Bonchev–Trinajstić information content (AvgIpc) is 3.75. The Hall–Kier alpha value is -4.15. The molecule has 1 N–H and O–H groups in total. The van der Waals surface area contributed by atoms with Crippen LogP contribution in [0.5, 0.6) is 0 Å². The molecule has 0 spiro atoms. The van der Waals surface area contributed by atoms with E-state index in [2.05, 4.69) is 43.4 Å². The SMILES string of the molecule is CCc1ccc2[nH]c(=O)c(C(c3nnnn3CC3CCCO3)N(Cc3cccnc3)Cc3ccco3)cc2c1. The maximum atomic E-state index is 13.7. The molecule has 0 radical (unpaired) electrons. The summed E-state index contributed by atoms with van der Waals surface area (Å²) in [6, 6.07) is 15.3. The van der Waals surface area contributed by atoms with Crippen LogP contribution in [-0.2, 0) is 30.8 Å². The first kappa shape index (κ1) is 25.1. The largest absolute Gasteiger partial charge is 0.468 e. The molecule has 1 aliphatic heterocycles. The minimum atomic E-state index is -0.565. The van der Waals surface area contributed by atoms with Crippen molar-refractivity contribution in [3.63, 3.8) is 0 Å². The molecular weight excluding hydrogens is 494 g/mol. The van der Waals surface area contributed by atoms with Gasteiger partial charge in [0.05, 0.1) is 25.5 Å². The number of tetrazole rings is 1. The van der Waals surface area contributed by atoms with Crippen molar-refractivity contribution in [2.45, 2.75) is 58.0 Å². The molecule has 200 valence electrons. The lowest BCUT2D eigenvalue weighted by molar-refractivity contribution is 0.0901. The summed E-state index contributed by atoms with van der Waals surface area (Å²) in [6.07, 6.45) is 8.14. The molecule has 5 heterocycles. The standard InChI is InChI=1S/C29H31N7O3/c1-2-20-9-10-26-22(14-20)15-25(29(37)31-26)27(28-32-33-34-36(28)19-24-8-5-13-39-24)35(18-23-7-4-12-38-23)17-21-6-3-11-30-16-21/h3-4,6-7,9-12,14-16,24,27H,2,5,8,13,17-19H2,1H3,(H,31,37). The number of fused-ring (bicyclic) bond motifs is 1. The van der Waals surface area contributed by atoms with Gasteiger partial charge in [-0.15, -0.1) is 5.10 Å². The van der Waals surface area contributed by atoms with E-state index in [0.717, 1.165) is 48.1 Å². The van der Waals surface area contributed by atoms with Crippen LogP contribution < -0.4 is 5.56 Å². The van der Waals surface area contributed by atoms with Gasteiger partial charge in [0.2, 0.25) is 0 Å². The van der Waals surface area contributed by atoms with Crippen molar-refractivity contribution in [3.8, 4) is 0 Å². The quantitative estimate of drug-likeness (QED) is 0.291. The maximum Gasteiger partial charge on any atom is 0.253 e. The monoisotopic (exact) mass is 525 g/mol. The summed E-state index contributed by atoms with van der Waals surface area (Å²) in [5, 5.41) is 13.8. The molecule has 1 aromatic carbocycles. The summed E-state index contributed by atoms with van der Waals surface area (Å²) < 4.78 is 13.4. The second-order valence-electron chi connectivity index (χ2n) is 9.93. The molecule has 39 heavy (non-hydrogen) atoms. The number of nitrogens with one attached hydrogen (secondary N) is 1. The number of nitrogens with zero attached hydrogens (tertiary/aromatic N) is 6. The summed E-state index contributed by atoms with van der Waals surface area (Å²) in [5.74, 6) is 1.35. The third-order valence-electron chi connectivity index (χ3n) is 7.26. The zero-order valence-electron chi connectivity index (χ0n) is 21.9. The third kappa shape index (κ3) is 5.52. The Balaban J connectivity index is 1.50. The highest BCUT2D eigenvalue weighted by atomic mass is 16.5. The second-order valence-corrected chi connectivity index (χ2v) is 9.93. The van der Waals surface area contributed by atoms with Crippen LogP contribution in [0, 0.1) is 0 Å². The van der Waals surface area contributed by atoms with Gasteiger partial charge in [-0.25, -0.2) is 4.68 Å². The van der Waals surface area contributed by atoms with Crippen LogP contribution in [0.4, 0.5) is 0 Å². The number of ether oxygens (including phenoxy) is 1. The molecule has 2 unspecified atom stereocenters. The Morgan fingerprint density at radius 2 is 2.10 bits per heavy atom. The molecule has 1 fully saturated rings. The molecule has 1 aliphatic rings. The van der Waals surface area contributed by atoms with Crippen LogP contribution in [0.25, 0.3) is 10.9 Å². The van der Waals surface area contributed by atoms with Crippen LogP contribution in [0.15, 0.2) is 76.4 Å². The number of aromatic amines is 1.